The average molecular weight is 417 g/mol. The van der Waals surface area contributed by atoms with Crippen molar-refractivity contribution in [2.75, 3.05) is 44.6 Å². The van der Waals surface area contributed by atoms with Crippen LogP contribution in [0.15, 0.2) is 18.2 Å². The molecule has 0 saturated carbocycles. The first-order valence-electron chi connectivity index (χ1n) is 9.60. The minimum Gasteiger partial charge on any atom is -0.351 e. The summed E-state index contributed by atoms with van der Waals surface area (Å²) in [5.74, 6) is 0.0645. The summed E-state index contributed by atoms with van der Waals surface area (Å²) in [6, 6.07) is 4.83. The van der Waals surface area contributed by atoms with Crippen LogP contribution in [0.3, 0.4) is 0 Å². The molecule has 0 aliphatic carbocycles. The third-order valence-corrected chi connectivity index (χ3v) is 5.43. The number of unbranched alkanes of at least 4 members (excludes halogenated alkanes) is 1. The predicted octanol–water partition coefficient (Wildman–Crippen LogP) is 0.0201. The Morgan fingerprint density at radius 2 is 1.74 bits per heavy atom. The molecule has 1 aromatic rings. The molecule has 6 nitrogen and oxygen atoms in total. The standard InChI is InChI=1S/C19H28Cl2N4O2/c1-3-4-5-22-18(26)13-24-6-8-25(9-7-24)14(2)19(27)23-17-11-15(20)10-16(21)12-17/h10-12,14H,3-9,13H2,1-2H3,(H,22,26)(H,23,27)/p+2/t14-/m0/s1. The first kappa shape index (κ1) is 22.0. The highest BCUT2D eigenvalue weighted by atomic mass is 35.5. The number of rotatable bonds is 8. The van der Waals surface area contributed by atoms with Crippen LogP contribution in [0.25, 0.3) is 0 Å². The first-order valence-corrected chi connectivity index (χ1v) is 10.4. The quantitative estimate of drug-likeness (QED) is 0.451. The summed E-state index contributed by atoms with van der Waals surface area (Å²) in [5, 5.41) is 6.85. The highest BCUT2D eigenvalue weighted by Gasteiger charge is 2.31. The summed E-state index contributed by atoms with van der Waals surface area (Å²) in [6.07, 6.45) is 2.10. The van der Waals surface area contributed by atoms with Crippen LogP contribution in [0.4, 0.5) is 5.69 Å². The van der Waals surface area contributed by atoms with Crippen LogP contribution >= 0.6 is 23.2 Å². The maximum Gasteiger partial charge on any atom is 0.282 e. The summed E-state index contributed by atoms with van der Waals surface area (Å²) >= 11 is 12.0. The van der Waals surface area contributed by atoms with Crippen molar-refractivity contribution in [3.05, 3.63) is 28.2 Å². The normalized spacial score (nSPS) is 20.7. The van der Waals surface area contributed by atoms with Crippen LogP contribution < -0.4 is 20.4 Å². The molecule has 1 heterocycles. The number of halogens is 2. The smallest absolute Gasteiger partial charge is 0.282 e. The van der Waals surface area contributed by atoms with Gasteiger partial charge in [0, 0.05) is 22.3 Å². The fourth-order valence-corrected chi connectivity index (χ4v) is 3.82. The topological polar surface area (TPSA) is 67.1 Å². The van der Waals surface area contributed by atoms with Gasteiger partial charge in [-0.2, -0.15) is 0 Å². The van der Waals surface area contributed by atoms with E-state index in [2.05, 4.69) is 17.6 Å². The second-order valence-corrected chi connectivity index (χ2v) is 8.03. The fraction of sp³-hybridized carbons (Fsp3) is 0.579. The minimum atomic E-state index is -0.178. The Morgan fingerprint density at radius 3 is 2.33 bits per heavy atom. The van der Waals surface area contributed by atoms with Gasteiger partial charge in [-0.25, -0.2) is 0 Å². The second kappa shape index (κ2) is 10.9. The van der Waals surface area contributed by atoms with Gasteiger partial charge in [0.05, 0.1) is 0 Å². The molecule has 1 aromatic carbocycles. The SMILES string of the molecule is CCCCNC(=O)C[NH+]1CC[NH+]([C@@H](C)C(=O)Nc2cc(Cl)cc(Cl)c2)CC1. The second-order valence-electron chi connectivity index (χ2n) is 7.16. The predicted molar refractivity (Wildman–Crippen MR) is 109 cm³/mol. The molecule has 4 N–H and O–H groups in total. The molecule has 0 aromatic heterocycles. The molecule has 0 radical (unpaired) electrons. The number of benzene rings is 1. The number of hydrogen-bond acceptors (Lipinski definition) is 2. The zero-order chi connectivity index (χ0) is 19.8. The number of anilines is 1. The van der Waals surface area contributed by atoms with E-state index in [0.717, 1.165) is 45.6 Å². The van der Waals surface area contributed by atoms with Gasteiger partial charge < -0.3 is 20.4 Å². The zero-order valence-electron chi connectivity index (χ0n) is 16.0. The fourth-order valence-electron chi connectivity index (χ4n) is 3.29. The number of carbonyl (C=O) groups is 2. The van der Waals surface area contributed by atoms with Gasteiger partial charge in [0.1, 0.15) is 26.2 Å². The van der Waals surface area contributed by atoms with Gasteiger partial charge in [-0.1, -0.05) is 36.5 Å². The van der Waals surface area contributed by atoms with E-state index in [-0.39, 0.29) is 17.9 Å². The molecule has 1 atom stereocenters. The van der Waals surface area contributed by atoms with Crippen LogP contribution in [0.1, 0.15) is 26.7 Å². The van der Waals surface area contributed by atoms with E-state index in [0.29, 0.717) is 22.3 Å². The lowest BCUT2D eigenvalue weighted by Gasteiger charge is -2.32. The maximum atomic E-state index is 12.6. The van der Waals surface area contributed by atoms with E-state index in [1.807, 2.05) is 6.92 Å². The van der Waals surface area contributed by atoms with Crippen molar-refractivity contribution in [2.24, 2.45) is 0 Å². The molecule has 0 spiro atoms. The lowest BCUT2D eigenvalue weighted by Crippen LogP contribution is -3.30. The number of carbonyl (C=O) groups excluding carboxylic acids is 2. The van der Waals surface area contributed by atoms with E-state index in [4.69, 9.17) is 23.2 Å². The largest absolute Gasteiger partial charge is 0.351 e. The van der Waals surface area contributed by atoms with Crippen molar-refractivity contribution >= 4 is 40.7 Å². The molecule has 1 saturated heterocycles. The Morgan fingerprint density at radius 1 is 1.11 bits per heavy atom. The van der Waals surface area contributed by atoms with Gasteiger partial charge in [0.2, 0.25) is 0 Å². The number of piperazine rings is 1. The molecule has 150 valence electrons. The molecular formula is C19H30Cl2N4O2+2. The lowest BCUT2D eigenvalue weighted by molar-refractivity contribution is -1.01. The number of amides is 2. The lowest BCUT2D eigenvalue weighted by atomic mass is 10.2. The highest BCUT2D eigenvalue weighted by Crippen LogP contribution is 2.22. The molecule has 2 rings (SSSR count). The number of nitrogens with one attached hydrogen (secondary N) is 4. The average Bonchev–Trinajstić information content (AvgIpc) is 2.61. The summed E-state index contributed by atoms with van der Waals surface area (Å²) in [4.78, 5) is 27.0. The van der Waals surface area contributed by atoms with Gasteiger partial charge in [-0.3, -0.25) is 9.59 Å². The highest BCUT2D eigenvalue weighted by molar-refractivity contribution is 6.35. The molecule has 1 aliphatic heterocycles. The van der Waals surface area contributed by atoms with Gasteiger partial charge in [-0.05, 0) is 31.5 Å². The van der Waals surface area contributed by atoms with E-state index in [1.54, 1.807) is 18.2 Å². The van der Waals surface area contributed by atoms with Crippen molar-refractivity contribution in [2.45, 2.75) is 32.7 Å². The Balaban J connectivity index is 1.77. The van der Waals surface area contributed by atoms with Gasteiger partial charge >= 0.3 is 0 Å². The third kappa shape index (κ3) is 7.30. The van der Waals surface area contributed by atoms with Crippen molar-refractivity contribution in [3.63, 3.8) is 0 Å². The van der Waals surface area contributed by atoms with Crippen molar-refractivity contribution in [1.29, 1.82) is 0 Å². The van der Waals surface area contributed by atoms with Crippen molar-refractivity contribution < 1.29 is 19.4 Å². The summed E-state index contributed by atoms with van der Waals surface area (Å²) in [7, 11) is 0. The van der Waals surface area contributed by atoms with Crippen molar-refractivity contribution in [1.82, 2.24) is 5.32 Å². The molecule has 0 bridgehead atoms. The first-order chi connectivity index (χ1) is 12.9. The van der Waals surface area contributed by atoms with E-state index in [1.165, 1.54) is 9.80 Å². The Hall–Kier alpha value is -1.34. The number of hydrogen-bond donors (Lipinski definition) is 4. The third-order valence-electron chi connectivity index (χ3n) is 5.00. The monoisotopic (exact) mass is 416 g/mol. The maximum absolute atomic E-state index is 12.6. The summed E-state index contributed by atoms with van der Waals surface area (Å²) < 4.78 is 0. The molecule has 1 aliphatic rings. The van der Waals surface area contributed by atoms with Crippen molar-refractivity contribution in [3.8, 4) is 0 Å². The number of quaternary nitrogens is 2. The van der Waals surface area contributed by atoms with E-state index < -0.39 is 0 Å². The molecule has 0 unspecified atom stereocenters. The molecule has 1 fully saturated rings. The van der Waals surface area contributed by atoms with Crippen LogP contribution in [0.5, 0.6) is 0 Å². The van der Waals surface area contributed by atoms with E-state index in [9.17, 15) is 9.59 Å². The van der Waals surface area contributed by atoms with Crippen LogP contribution in [0, 0.1) is 0 Å². The van der Waals surface area contributed by atoms with Gasteiger partial charge in [-0.15, -0.1) is 0 Å². The molecule has 8 heteroatoms. The van der Waals surface area contributed by atoms with Gasteiger partial charge in [0.25, 0.3) is 11.8 Å². The Bertz CT molecular complexity index is 628. The molecule has 27 heavy (non-hydrogen) atoms. The summed E-state index contributed by atoms with van der Waals surface area (Å²) in [5.41, 5.74) is 0.608. The Kier molecular flexibility index (Phi) is 8.83. The van der Waals surface area contributed by atoms with E-state index >= 15 is 0 Å². The van der Waals surface area contributed by atoms with Crippen LogP contribution in [-0.2, 0) is 9.59 Å². The molecular weight excluding hydrogens is 387 g/mol. The molecule has 2 amide bonds. The zero-order valence-corrected chi connectivity index (χ0v) is 17.6. The van der Waals surface area contributed by atoms with Gasteiger partial charge in [0.15, 0.2) is 12.6 Å². The summed E-state index contributed by atoms with van der Waals surface area (Å²) in [6.45, 7) is 8.81. The Labute approximate surface area is 171 Å². The van der Waals surface area contributed by atoms with Crippen LogP contribution in [0.2, 0.25) is 10.0 Å². The minimum absolute atomic E-state index is 0.0518. The van der Waals surface area contributed by atoms with Crippen LogP contribution in [-0.4, -0.2) is 57.1 Å².